The number of carbonyl (C=O) groups excluding carboxylic acids is 1. The number of likely N-dealkylation sites (N-methyl/N-ethyl adjacent to an activating group) is 1. The van der Waals surface area contributed by atoms with Gasteiger partial charge in [-0.2, -0.15) is 0 Å². The van der Waals surface area contributed by atoms with Crippen molar-refractivity contribution in [3.05, 3.63) is 0 Å². The van der Waals surface area contributed by atoms with E-state index in [1.807, 2.05) is 0 Å². The van der Waals surface area contributed by atoms with E-state index in [0.29, 0.717) is 24.8 Å². The second-order valence-corrected chi connectivity index (χ2v) is 10.3. The molecule has 0 spiro atoms. The monoisotopic (exact) mass is 414 g/mol. The van der Waals surface area contributed by atoms with Gasteiger partial charge < -0.3 is 15.5 Å². The zero-order valence-corrected chi connectivity index (χ0v) is 18.0. The van der Waals surface area contributed by atoms with Crippen LogP contribution in [0.1, 0.15) is 45.4 Å². The van der Waals surface area contributed by atoms with E-state index in [9.17, 15) is 9.18 Å². The molecule has 8 unspecified atom stereocenters. The van der Waals surface area contributed by atoms with Crippen LogP contribution >= 0.6 is 11.6 Å². The number of nitrogens with zero attached hydrogens (tertiary/aromatic N) is 2. The van der Waals surface area contributed by atoms with Gasteiger partial charge in [0.15, 0.2) is 0 Å². The summed E-state index contributed by atoms with van der Waals surface area (Å²) in [5.41, 5.74) is 0. The maximum atomic E-state index is 14.3. The molecule has 2 N–H and O–H groups in total. The van der Waals surface area contributed by atoms with Crippen LogP contribution in [0.15, 0.2) is 0 Å². The highest BCUT2D eigenvalue weighted by atomic mass is 35.5. The lowest BCUT2D eigenvalue weighted by Gasteiger charge is -2.43. The Kier molecular flexibility index (Phi) is 6.50. The number of hydrogen-bond acceptors (Lipinski definition) is 4. The number of alkyl halides is 2. The molecule has 2 saturated carbocycles. The highest BCUT2D eigenvalue weighted by Gasteiger charge is 2.46. The van der Waals surface area contributed by atoms with Gasteiger partial charge >= 0.3 is 0 Å². The van der Waals surface area contributed by atoms with Crippen LogP contribution in [-0.4, -0.2) is 84.6 Å². The molecule has 2 saturated heterocycles. The van der Waals surface area contributed by atoms with Crippen molar-refractivity contribution >= 4 is 17.5 Å². The number of halogens is 2. The first-order valence-corrected chi connectivity index (χ1v) is 11.6. The Morgan fingerprint density at radius 1 is 1.11 bits per heavy atom. The molecule has 0 aromatic rings. The highest BCUT2D eigenvalue weighted by molar-refractivity contribution is 6.20. The minimum atomic E-state index is -0.769. The Morgan fingerprint density at radius 3 is 2.57 bits per heavy atom. The predicted molar refractivity (Wildman–Crippen MR) is 110 cm³/mol. The van der Waals surface area contributed by atoms with Crippen LogP contribution in [-0.2, 0) is 4.79 Å². The predicted octanol–water partition coefficient (Wildman–Crippen LogP) is 1.99. The summed E-state index contributed by atoms with van der Waals surface area (Å²) in [6.45, 7) is 6.52. The van der Waals surface area contributed by atoms with Crippen molar-refractivity contribution in [1.29, 1.82) is 0 Å². The van der Waals surface area contributed by atoms with Gasteiger partial charge in [0, 0.05) is 55.6 Å². The zero-order chi connectivity index (χ0) is 19.8. The lowest BCUT2D eigenvalue weighted by molar-refractivity contribution is -0.124. The third-order valence-corrected chi connectivity index (χ3v) is 8.04. The topological polar surface area (TPSA) is 47.6 Å². The van der Waals surface area contributed by atoms with Crippen molar-refractivity contribution in [3.63, 3.8) is 0 Å². The van der Waals surface area contributed by atoms with E-state index in [2.05, 4.69) is 34.4 Å². The van der Waals surface area contributed by atoms with E-state index in [1.165, 1.54) is 0 Å². The van der Waals surface area contributed by atoms with E-state index in [-0.39, 0.29) is 35.3 Å². The van der Waals surface area contributed by atoms with Crippen LogP contribution in [0.25, 0.3) is 0 Å². The molecule has 2 aliphatic carbocycles. The van der Waals surface area contributed by atoms with E-state index < -0.39 is 6.17 Å². The smallest absolute Gasteiger partial charge is 0.237 e. The van der Waals surface area contributed by atoms with Gasteiger partial charge in [0.25, 0.3) is 0 Å². The van der Waals surface area contributed by atoms with Crippen molar-refractivity contribution in [2.75, 3.05) is 33.2 Å². The molecule has 2 heterocycles. The molecule has 1 amide bonds. The normalized spacial score (nSPS) is 45.6. The number of amides is 1. The maximum Gasteiger partial charge on any atom is 0.237 e. The summed E-state index contributed by atoms with van der Waals surface area (Å²) < 4.78 is 14.3. The average Bonchev–Trinajstić information content (AvgIpc) is 3.12. The lowest BCUT2D eigenvalue weighted by Crippen LogP contribution is -2.55. The zero-order valence-electron chi connectivity index (χ0n) is 17.2. The molecule has 0 aromatic carbocycles. The number of piperazine rings is 1. The summed E-state index contributed by atoms with van der Waals surface area (Å²) >= 11 is 6.58. The molecule has 160 valence electrons. The molecule has 4 aliphatic rings. The molecule has 0 bridgehead atoms. The first-order chi connectivity index (χ1) is 13.4. The van der Waals surface area contributed by atoms with Crippen LogP contribution in [0.2, 0.25) is 0 Å². The summed E-state index contributed by atoms with van der Waals surface area (Å²) in [6, 6.07) is 0.456. The van der Waals surface area contributed by atoms with E-state index in [4.69, 9.17) is 11.6 Å². The fourth-order valence-electron chi connectivity index (χ4n) is 5.93. The van der Waals surface area contributed by atoms with Gasteiger partial charge in [-0.05, 0) is 51.5 Å². The van der Waals surface area contributed by atoms with Crippen LogP contribution < -0.4 is 10.6 Å². The van der Waals surface area contributed by atoms with Crippen LogP contribution in [0.5, 0.6) is 0 Å². The first-order valence-electron chi connectivity index (χ1n) is 11.2. The molecule has 0 aromatic heterocycles. The molecule has 2 aliphatic heterocycles. The van der Waals surface area contributed by atoms with Crippen LogP contribution in [0.3, 0.4) is 0 Å². The minimum Gasteiger partial charge on any atom is -0.352 e. The van der Waals surface area contributed by atoms with Gasteiger partial charge in [0.1, 0.15) is 6.17 Å². The molecule has 8 atom stereocenters. The van der Waals surface area contributed by atoms with Gasteiger partial charge in [-0.3, -0.25) is 9.69 Å². The highest BCUT2D eigenvalue weighted by Crippen LogP contribution is 2.38. The van der Waals surface area contributed by atoms with Crippen molar-refractivity contribution < 1.29 is 9.18 Å². The van der Waals surface area contributed by atoms with Crippen molar-refractivity contribution in [3.8, 4) is 0 Å². The summed E-state index contributed by atoms with van der Waals surface area (Å²) in [6.07, 6.45) is 4.22. The van der Waals surface area contributed by atoms with E-state index in [1.54, 1.807) is 0 Å². The summed E-state index contributed by atoms with van der Waals surface area (Å²) in [5, 5.41) is 6.82. The molecule has 4 fully saturated rings. The third kappa shape index (κ3) is 4.50. The van der Waals surface area contributed by atoms with Crippen molar-refractivity contribution in [2.45, 2.75) is 81.2 Å². The Bertz CT molecular complexity index is 541. The van der Waals surface area contributed by atoms with Crippen LogP contribution in [0.4, 0.5) is 4.39 Å². The average molecular weight is 415 g/mol. The number of carbonyl (C=O) groups is 1. The summed E-state index contributed by atoms with van der Waals surface area (Å²) in [7, 11) is 2.17. The van der Waals surface area contributed by atoms with Crippen LogP contribution in [0, 0.1) is 11.8 Å². The third-order valence-electron chi connectivity index (χ3n) is 7.68. The minimum absolute atomic E-state index is 0.00952. The van der Waals surface area contributed by atoms with Crippen molar-refractivity contribution in [2.24, 2.45) is 11.8 Å². The quantitative estimate of drug-likeness (QED) is 0.693. The molecule has 4 rings (SSSR count). The molecule has 7 heteroatoms. The molecule has 5 nitrogen and oxygen atoms in total. The summed E-state index contributed by atoms with van der Waals surface area (Å²) in [4.78, 5) is 17.9. The first kappa shape index (κ1) is 20.8. The van der Waals surface area contributed by atoms with Gasteiger partial charge in [0.2, 0.25) is 5.91 Å². The number of nitrogens with one attached hydrogen (secondary N) is 2. The fraction of sp³-hybridized carbons (Fsp3) is 0.952. The summed E-state index contributed by atoms with van der Waals surface area (Å²) in [5.74, 6) is 0.477. The molecule has 0 radical (unpaired) electrons. The van der Waals surface area contributed by atoms with Crippen molar-refractivity contribution in [1.82, 2.24) is 20.4 Å². The fourth-order valence-corrected chi connectivity index (χ4v) is 6.35. The second-order valence-electron chi connectivity index (χ2n) is 9.72. The lowest BCUT2D eigenvalue weighted by atomic mass is 9.77. The number of hydrogen-bond donors (Lipinski definition) is 2. The Morgan fingerprint density at radius 2 is 1.86 bits per heavy atom. The van der Waals surface area contributed by atoms with Gasteiger partial charge in [-0.1, -0.05) is 6.92 Å². The van der Waals surface area contributed by atoms with E-state index >= 15 is 0 Å². The molecular weight excluding hydrogens is 379 g/mol. The largest absolute Gasteiger partial charge is 0.352 e. The Balaban J connectivity index is 1.32. The molecular formula is C21H36ClFN4O. The standard InChI is InChI=1S/C21H36ClFN4O/c1-13-3-4-18(23)17-12-19(25-20(13)17)21(28)24-15-9-14(22)10-16(11-15)27-7-5-26(2)6-8-27/h13-20,25H,3-12H2,1-2H3,(H,24,28). The Labute approximate surface area is 173 Å². The number of fused-ring (bicyclic) bond motifs is 1. The Hall–Kier alpha value is -0.430. The molecule has 28 heavy (non-hydrogen) atoms. The van der Waals surface area contributed by atoms with Gasteiger partial charge in [-0.15, -0.1) is 11.6 Å². The maximum absolute atomic E-state index is 14.3. The van der Waals surface area contributed by atoms with E-state index in [0.717, 1.165) is 51.9 Å². The van der Waals surface area contributed by atoms with Gasteiger partial charge in [0.05, 0.1) is 6.04 Å². The second kappa shape index (κ2) is 8.75. The van der Waals surface area contributed by atoms with Gasteiger partial charge in [-0.25, -0.2) is 4.39 Å². The SMILES string of the molecule is CC1CCC(F)C2CC(C(=O)NC3CC(Cl)CC(N4CCN(C)CC4)C3)NC12. The number of rotatable bonds is 3.